The van der Waals surface area contributed by atoms with Gasteiger partial charge in [0.05, 0.1) is 0 Å². The molecule has 86 valence electrons. The molecule has 0 heterocycles. The molecule has 0 fully saturated rings. The lowest BCUT2D eigenvalue weighted by atomic mass is 9.86. The lowest BCUT2D eigenvalue weighted by molar-refractivity contribution is 0.0181. The van der Waals surface area contributed by atoms with Gasteiger partial charge in [0.1, 0.15) is 0 Å². The standard InChI is InChI=1S/C15H15NO/c1-2-15(17-16,13-9-5-3-6-10-13)14-11-7-4-8-12-14/h2-12H,1,16H2. The summed E-state index contributed by atoms with van der Waals surface area (Å²) in [4.78, 5) is 5.24. The van der Waals surface area contributed by atoms with Gasteiger partial charge < -0.3 is 0 Å². The summed E-state index contributed by atoms with van der Waals surface area (Å²) in [7, 11) is 0. The zero-order valence-corrected chi connectivity index (χ0v) is 9.54. The van der Waals surface area contributed by atoms with Crippen LogP contribution in [0.2, 0.25) is 0 Å². The van der Waals surface area contributed by atoms with E-state index in [0.29, 0.717) is 0 Å². The Morgan fingerprint density at radius 1 is 0.882 bits per heavy atom. The number of rotatable bonds is 4. The van der Waals surface area contributed by atoms with E-state index in [2.05, 4.69) is 6.58 Å². The van der Waals surface area contributed by atoms with Gasteiger partial charge in [-0.1, -0.05) is 67.2 Å². The molecule has 0 saturated heterocycles. The Kier molecular flexibility index (Phi) is 3.38. The van der Waals surface area contributed by atoms with E-state index in [0.717, 1.165) is 11.1 Å². The van der Waals surface area contributed by atoms with Crippen LogP contribution >= 0.6 is 0 Å². The van der Waals surface area contributed by atoms with E-state index in [1.165, 1.54) is 0 Å². The molecule has 0 spiro atoms. The first-order chi connectivity index (χ1) is 8.33. The predicted molar refractivity (Wildman–Crippen MR) is 69.1 cm³/mol. The summed E-state index contributed by atoms with van der Waals surface area (Å²) in [5, 5.41) is 0. The van der Waals surface area contributed by atoms with Crippen molar-refractivity contribution in [2.24, 2.45) is 5.90 Å². The lowest BCUT2D eigenvalue weighted by Crippen LogP contribution is -2.31. The summed E-state index contributed by atoms with van der Waals surface area (Å²) in [5.41, 5.74) is 1.13. The van der Waals surface area contributed by atoms with Crippen molar-refractivity contribution in [1.29, 1.82) is 0 Å². The highest BCUT2D eigenvalue weighted by atomic mass is 16.6. The summed E-state index contributed by atoms with van der Waals surface area (Å²) in [6.45, 7) is 3.85. The van der Waals surface area contributed by atoms with Gasteiger partial charge in [-0.3, -0.25) is 4.84 Å². The second-order valence-electron chi connectivity index (χ2n) is 3.79. The quantitative estimate of drug-likeness (QED) is 0.641. The average Bonchev–Trinajstić information content (AvgIpc) is 2.43. The minimum atomic E-state index is -0.789. The topological polar surface area (TPSA) is 35.2 Å². The van der Waals surface area contributed by atoms with Crippen LogP contribution in [0.5, 0.6) is 0 Å². The maximum Gasteiger partial charge on any atom is 0.157 e. The van der Waals surface area contributed by atoms with Crippen molar-refractivity contribution in [2.75, 3.05) is 0 Å². The van der Waals surface area contributed by atoms with Gasteiger partial charge in [0.25, 0.3) is 0 Å². The fourth-order valence-electron chi connectivity index (χ4n) is 1.96. The summed E-state index contributed by atoms with van der Waals surface area (Å²) in [6.07, 6.45) is 1.72. The fraction of sp³-hybridized carbons (Fsp3) is 0.0667. The van der Waals surface area contributed by atoms with Gasteiger partial charge in [0.2, 0.25) is 0 Å². The third-order valence-corrected chi connectivity index (χ3v) is 2.88. The summed E-state index contributed by atoms with van der Waals surface area (Å²) >= 11 is 0. The molecule has 0 aromatic heterocycles. The van der Waals surface area contributed by atoms with Gasteiger partial charge in [-0.2, -0.15) is 0 Å². The molecule has 0 aliphatic carbocycles. The van der Waals surface area contributed by atoms with Crippen LogP contribution in [0.25, 0.3) is 0 Å². The van der Waals surface area contributed by atoms with Crippen LogP contribution in [-0.2, 0) is 10.4 Å². The summed E-state index contributed by atoms with van der Waals surface area (Å²) in [5.74, 6) is 5.51. The maximum atomic E-state index is 5.51. The number of benzene rings is 2. The third kappa shape index (κ3) is 2.00. The second kappa shape index (κ2) is 4.95. The Hall–Kier alpha value is -1.90. The smallest absolute Gasteiger partial charge is 0.157 e. The molecular formula is C15H15NO. The van der Waals surface area contributed by atoms with E-state index in [9.17, 15) is 0 Å². The number of hydrogen-bond acceptors (Lipinski definition) is 2. The van der Waals surface area contributed by atoms with Gasteiger partial charge in [0, 0.05) is 0 Å². The van der Waals surface area contributed by atoms with E-state index in [-0.39, 0.29) is 0 Å². The van der Waals surface area contributed by atoms with Crippen molar-refractivity contribution in [3.8, 4) is 0 Å². The van der Waals surface area contributed by atoms with Crippen LogP contribution < -0.4 is 5.90 Å². The van der Waals surface area contributed by atoms with Crippen molar-refractivity contribution in [1.82, 2.24) is 0 Å². The van der Waals surface area contributed by atoms with Crippen molar-refractivity contribution < 1.29 is 4.84 Å². The Morgan fingerprint density at radius 3 is 1.59 bits per heavy atom. The predicted octanol–water partition coefficient (Wildman–Crippen LogP) is 3.01. The molecule has 2 aromatic carbocycles. The van der Waals surface area contributed by atoms with Crippen molar-refractivity contribution in [2.45, 2.75) is 5.60 Å². The highest BCUT2D eigenvalue weighted by Crippen LogP contribution is 2.33. The first-order valence-electron chi connectivity index (χ1n) is 5.46. The van der Waals surface area contributed by atoms with E-state index < -0.39 is 5.60 Å². The van der Waals surface area contributed by atoms with Gasteiger partial charge in [-0.15, -0.1) is 0 Å². The van der Waals surface area contributed by atoms with E-state index in [1.807, 2.05) is 60.7 Å². The minimum Gasteiger partial charge on any atom is -0.284 e. The molecular weight excluding hydrogens is 210 g/mol. The molecule has 0 aliphatic rings. The Labute approximate surface area is 101 Å². The maximum absolute atomic E-state index is 5.51. The third-order valence-electron chi connectivity index (χ3n) is 2.88. The highest BCUT2D eigenvalue weighted by Gasteiger charge is 2.31. The van der Waals surface area contributed by atoms with Gasteiger partial charge in [-0.25, -0.2) is 5.90 Å². The minimum absolute atomic E-state index is 0.789. The van der Waals surface area contributed by atoms with E-state index >= 15 is 0 Å². The van der Waals surface area contributed by atoms with Crippen LogP contribution in [0, 0.1) is 0 Å². The summed E-state index contributed by atoms with van der Waals surface area (Å²) in [6, 6.07) is 19.6. The van der Waals surface area contributed by atoms with Crippen LogP contribution in [0.4, 0.5) is 0 Å². The normalized spacial score (nSPS) is 11.1. The highest BCUT2D eigenvalue weighted by molar-refractivity contribution is 5.40. The SMILES string of the molecule is C=CC(ON)(c1ccccc1)c1ccccc1. The van der Waals surface area contributed by atoms with E-state index in [1.54, 1.807) is 6.08 Å². The second-order valence-corrected chi connectivity index (χ2v) is 3.79. The Bertz CT molecular complexity index is 439. The number of hydrogen-bond donors (Lipinski definition) is 1. The molecule has 0 aliphatic heterocycles. The molecule has 0 atom stereocenters. The molecule has 2 N–H and O–H groups in total. The largest absolute Gasteiger partial charge is 0.284 e. The lowest BCUT2D eigenvalue weighted by Gasteiger charge is -2.29. The van der Waals surface area contributed by atoms with Gasteiger partial charge in [0.15, 0.2) is 5.60 Å². The zero-order chi connectivity index (χ0) is 12.1. The molecule has 17 heavy (non-hydrogen) atoms. The molecule has 2 heteroatoms. The monoisotopic (exact) mass is 225 g/mol. The molecule has 0 bridgehead atoms. The van der Waals surface area contributed by atoms with Gasteiger partial charge >= 0.3 is 0 Å². The molecule has 0 radical (unpaired) electrons. The molecule has 0 unspecified atom stereocenters. The zero-order valence-electron chi connectivity index (χ0n) is 9.54. The Morgan fingerprint density at radius 2 is 1.29 bits per heavy atom. The van der Waals surface area contributed by atoms with Crippen LogP contribution in [0.3, 0.4) is 0 Å². The van der Waals surface area contributed by atoms with Crippen LogP contribution in [-0.4, -0.2) is 0 Å². The average molecular weight is 225 g/mol. The fourth-order valence-corrected chi connectivity index (χ4v) is 1.96. The number of nitrogens with two attached hydrogens (primary N) is 1. The molecule has 2 aromatic rings. The molecule has 2 rings (SSSR count). The molecule has 0 saturated carbocycles. The molecule has 2 nitrogen and oxygen atoms in total. The summed E-state index contributed by atoms with van der Waals surface area (Å²) < 4.78 is 0. The van der Waals surface area contributed by atoms with Crippen molar-refractivity contribution in [3.63, 3.8) is 0 Å². The van der Waals surface area contributed by atoms with Crippen molar-refractivity contribution in [3.05, 3.63) is 84.4 Å². The van der Waals surface area contributed by atoms with Crippen LogP contribution in [0.15, 0.2) is 73.3 Å². The van der Waals surface area contributed by atoms with Crippen molar-refractivity contribution >= 4 is 0 Å². The first kappa shape index (κ1) is 11.6. The molecule has 0 amide bonds. The Balaban J connectivity index is 2.58. The van der Waals surface area contributed by atoms with Crippen LogP contribution in [0.1, 0.15) is 11.1 Å². The first-order valence-corrected chi connectivity index (χ1v) is 5.46. The van der Waals surface area contributed by atoms with Gasteiger partial charge in [-0.05, 0) is 17.2 Å². The van der Waals surface area contributed by atoms with E-state index in [4.69, 9.17) is 10.7 Å².